The zero-order valence-corrected chi connectivity index (χ0v) is 7.76. The predicted molar refractivity (Wildman–Crippen MR) is 48.8 cm³/mol. The Labute approximate surface area is 83.9 Å². The molecular formula is C8H4Cl2O3. The van der Waals surface area contributed by atoms with Crippen molar-refractivity contribution < 1.29 is 14.7 Å². The zero-order valence-electron chi connectivity index (χ0n) is 6.25. The van der Waals surface area contributed by atoms with Crippen LogP contribution in [0, 0.1) is 0 Å². The summed E-state index contributed by atoms with van der Waals surface area (Å²) in [5, 5.41) is 8.79. The standard InChI is InChI=1S/C8H4Cl2O3/c9-6-2-7(10)5(8(12)13)1-4(6)3-11/h1-3H,(H,12,13). The third-order valence-electron chi connectivity index (χ3n) is 1.44. The lowest BCUT2D eigenvalue weighted by Gasteiger charge is -2.01. The van der Waals surface area contributed by atoms with E-state index in [1.54, 1.807) is 0 Å². The molecule has 0 saturated heterocycles. The van der Waals surface area contributed by atoms with Crippen LogP contribution in [0.2, 0.25) is 10.0 Å². The van der Waals surface area contributed by atoms with Gasteiger partial charge in [0.15, 0.2) is 6.29 Å². The highest BCUT2D eigenvalue weighted by Crippen LogP contribution is 2.24. The van der Waals surface area contributed by atoms with Crippen LogP contribution in [0.25, 0.3) is 0 Å². The van der Waals surface area contributed by atoms with Gasteiger partial charge in [-0.3, -0.25) is 4.79 Å². The lowest BCUT2D eigenvalue weighted by atomic mass is 10.1. The summed E-state index contributed by atoms with van der Waals surface area (Å²) < 4.78 is 0. The fourth-order valence-corrected chi connectivity index (χ4v) is 1.33. The Morgan fingerprint density at radius 3 is 2.38 bits per heavy atom. The molecular weight excluding hydrogens is 215 g/mol. The molecule has 0 saturated carbocycles. The van der Waals surface area contributed by atoms with Crippen molar-refractivity contribution in [2.45, 2.75) is 0 Å². The second-order valence-electron chi connectivity index (χ2n) is 2.28. The first kappa shape index (κ1) is 10.0. The van der Waals surface area contributed by atoms with E-state index in [4.69, 9.17) is 28.3 Å². The number of carbonyl (C=O) groups is 2. The highest BCUT2D eigenvalue weighted by Gasteiger charge is 2.11. The van der Waals surface area contributed by atoms with Crippen molar-refractivity contribution in [2.75, 3.05) is 0 Å². The third-order valence-corrected chi connectivity index (χ3v) is 2.08. The maximum Gasteiger partial charge on any atom is 0.337 e. The van der Waals surface area contributed by atoms with Crippen LogP contribution in [-0.4, -0.2) is 17.4 Å². The fraction of sp³-hybridized carbons (Fsp3) is 0. The van der Waals surface area contributed by atoms with Gasteiger partial charge in [-0.25, -0.2) is 4.79 Å². The highest BCUT2D eigenvalue weighted by molar-refractivity contribution is 6.37. The molecule has 0 unspecified atom stereocenters. The van der Waals surface area contributed by atoms with Crippen LogP contribution in [0.5, 0.6) is 0 Å². The quantitative estimate of drug-likeness (QED) is 0.777. The number of carboxylic acids is 1. The van der Waals surface area contributed by atoms with Gasteiger partial charge in [-0.1, -0.05) is 23.2 Å². The van der Waals surface area contributed by atoms with Crippen LogP contribution in [0.1, 0.15) is 20.7 Å². The number of hydrogen-bond acceptors (Lipinski definition) is 2. The zero-order chi connectivity index (χ0) is 10.0. The van der Waals surface area contributed by atoms with E-state index in [0.29, 0.717) is 6.29 Å². The lowest BCUT2D eigenvalue weighted by molar-refractivity contribution is 0.0697. The molecule has 0 spiro atoms. The number of carboxylic acid groups (broad SMARTS) is 1. The summed E-state index contributed by atoms with van der Waals surface area (Å²) in [6, 6.07) is 2.37. The largest absolute Gasteiger partial charge is 0.478 e. The molecule has 0 aromatic heterocycles. The third kappa shape index (κ3) is 1.99. The smallest absolute Gasteiger partial charge is 0.337 e. The number of hydrogen-bond donors (Lipinski definition) is 1. The first-order valence-corrected chi connectivity index (χ1v) is 3.99. The van der Waals surface area contributed by atoms with Gasteiger partial charge in [0.25, 0.3) is 0 Å². The van der Waals surface area contributed by atoms with Crippen molar-refractivity contribution in [1.29, 1.82) is 0 Å². The summed E-state index contributed by atoms with van der Waals surface area (Å²) in [6.45, 7) is 0. The van der Waals surface area contributed by atoms with Gasteiger partial charge >= 0.3 is 5.97 Å². The molecule has 0 bridgehead atoms. The van der Waals surface area contributed by atoms with E-state index in [1.807, 2.05) is 0 Å². The summed E-state index contributed by atoms with van der Waals surface area (Å²) in [5.74, 6) is -1.19. The van der Waals surface area contributed by atoms with E-state index in [0.717, 1.165) is 6.07 Å². The van der Waals surface area contributed by atoms with Crippen molar-refractivity contribution >= 4 is 35.5 Å². The molecule has 0 aliphatic heterocycles. The molecule has 1 aromatic rings. The number of aromatic carboxylic acids is 1. The molecule has 0 aliphatic carbocycles. The van der Waals surface area contributed by atoms with E-state index in [1.165, 1.54) is 6.07 Å². The molecule has 3 nitrogen and oxygen atoms in total. The lowest BCUT2D eigenvalue weighted by Crippen LogP contribution is -1.99. The summed E-state index contributed by atoms with van der Waals surface area (Å²) >= 11 is 11.2. The van der Waals surface area contributed by atoms with Gasteiger partial charge in [-0.05, 0) is 12.1 Å². The monoisotopic (exact) mass is 218 g/mol. The van der Waals surface area contributed by atoms with Crippen LogP contribution in [0.4, 0.5) is 0 Å². The molecule has 0 radical (unpaired) electrons. The first-order valence-electron chi connectivity index (χ1n) is 3.23. The number of aldehydes is 1. The van der Waals surface area contributed by atoms with Crippen molar-refractivity contribution in [3.05, 3.63) is 33.3 Å². The van der Waals surface area contributed by atoms with E-state index in [9.17, 15) is 9.59 Å². The maximum absolute atomic E-state index is 10.6. The van der Waals surface area contributed by atoms with E-state index >= 15 is 0 Å². The SMILES string of the molecule is O=Cc1cc(C(=O)O)c(Cl)cc1Cl. The van der Waals surface area contributed by atoms with Crippen LogP contribution in [0.3, 0.4) is 0 Å². The maximum atomic E-state index is 10.6. The van der Waals surface area contributed by atoms with Gasteiger partial charge in [-0.15, -0.1) is 0 Å². The highest BCUT2D eigenvalue weighted by atomic mass is 35.5. The number of benzene rings is 1. The van der Waals surface area contributed by atoms with Crippen LogP contribution in [0.15, 0.2) is 12.1 Å². The van der Waals surface area contributed by atoms with Crippen molar-refractivity contribution in [2.24, 2.45) is 0 Å². The predicted octanol–water partition coefficient (Wildman–Crippen LogP) is 2.50. The molecule has 0 aliphatic rings. The Balaban J connectivity index is 3.38. The summed E-state index contributed by atoms with van der Waals surface area (Å²) in [7, 11) is 0. The first-order chi connectivity index (χ1) is 6.06. The number of rotatable bonds is 2. The normalized spacial score (nSPS) is 9.69. The second-order valence-corrected chi connectivity index (χ2v) is 3.09. The Bertz CT molecular complexity index is 374. The molecule has 0 atom stereocenters. The van der Waals surface area contributed by atoms with Gasteiger partial charge < -0.3 is 5.11 Å². The van der Waals surface area contributed by atoms with E-state index in [-0.39, 0.29) is 21.2 Å². The van der Waals surface area contributed by atoms with Gasteiger partial charge in [0, 0.05) is 5.56 Å². The van der Waals surface area contributed by atoms with Crippen LogP contribution < -0.4 is 0 Å². The van der Waals surface area contributed by atoms with Crippen molar-refractivity contribution in [3.63, 3.8) is 0 Å². The van der Waals surface area contributed by atoms with Crippen LogP contribution >= 0.6 is 23.2 Å². The minimum atomic E-state index is -1.19. The van der Waals surface area contributed by atoms with Gasteiger partial charge in [-0.2, -0.15) is 0 Å². The molecule has 5 heteroatoms. The Hall–Kier alpha value is -1.06. The molecule has 1 rings (SSSR count). The Morgan fingerprint density at radius 1 is 1.31 bits per heavy atom. The van der Waals surface area contributed by atoms with Gasteiger partial charge in [0.2, 0.25) is 0 Å². The minimum absolute atomic E-state index is 0.0168. The summed E-state index contributed by atoms with van der Waals surface area (Å²) in [6.07, 6.45) is 0.477. The molecule has 13 heavy (non-hydrogen) atoms. The Kier molecular flexibility index (Phi) is 2.90. The fourth-order valence-electron chi connectivity index (χ4n) is 0.820. The molecule has 0 fully saturated rings. The summed E-state index contributed by atoms with van der Waals surface area (Å²) in [4.78, 5) is 21.0. The number of carbonyl (C=O) groups excluding carboxylic acids is 1. The topological polar surface area (TPSA) is 54.4 Å². The van der Waals surface area contributed by atoms with Crippen LogP contribution in [-0.2, 0) is 0 Å². The van der Waals surface area contributed by atoms with E-state index in [2.05, 4.69) is 0 Å². The number of halogens is 2. The van der Waals surface area contributed by atoms with Crippen molar-refractivity contribution in [1.82, 2.24) is 0 Å². The average molecular weight is 219 g/mol. The molecule has 1 aromatic carbocycles. The van der Waals surface area contributed by atoms with Gasteiger partial charge in [0.05, 0.1) is 15.6 Å². The summed E-state index contributed by atoms with van der Waals surface area (Å²) in [5.41, 5.74) is -0.0170. The minimum Gasteiger partial charge on any atom is -0.478 e. The van der Waals surface area contributed by atoms with Crippen molar-refractivity contribution in [3.8, 4) is 0 Å². The van der Waals surface area contributed by atoms with E-state index < -0.39 is 5.97 Å². The molecule has 1 N–H and O–H groups in total. The average Bonchev–Trinajstić information content (AvgIpc) is 2.03. The van der Waals surface area contributed by atoms with Gasteiger partial charge in [0.1, 0.15) is 0 Å². The molecule has 68 valence electrons. The second kappa shape index (κ2) is 3.77. The molecule has 0 heterocycles. The Morgan fingerprint density at radius 2 is 1.92 bits per heavy atom. The molecule has 0 amide bonds.